The zero-order valence-electron chi connectivity index (χ0n) is 5.21. The molecule has 0 unspecified atom stereocenters. The molecule has 10 heavy (non-hydrogen) atoms. The first-order valence-corrected chi connectivity index (χ1v) is 3.13. The first kappa shape index (κ1) is 9.10. The molecule has 0 N–H and O–H groups in total. The van der Waals surface area contributed by atoms with Crippen LogP contribution in [0.4, 0.5) is 0 Å². The second kappa shape index (κ2) is 4.00. The summed E-state index contributed by atoms with van der Waals surface area (Å²) in [7, 11) is 0. The molecule has 0 spiro atoms. The average molecular weight is 204 g/mol. The van der Waals surface area contributed by atoms with Crippen molar-refractivity contribution in [1.29, 1.82) is 0 Å². The minimum absolute atomic E-state index is 0.509. The monoisotopic (exact) mass is 203 g/mol. The maximum atomic E-state index is 10.6. The lowest BCUT2D eigenvalue weighted by molar-refractivity contribution is -0.131. The molecule has 0 saturated heterocycles. The minimum Gasteiger partial charge on any atom is -0.268 e. The Balaban J connectivity index is 4.20. The van der Waals surface area contributed by atoms with E-state index in [9.17, 15) is 9.59 Å². The van der Waals surface area contributed by atoms with Crippen molar-refractivity contribution in [3.8, 4) is 0 Å². The van der Waals surface area contributed by atoms with E-state index >= 15 is 0 Å². The summed E-state index contributed by atoms with van der Waals surface area (Å²) in [6.07, 6.45) is 2.05. The highest BCUT2D eigenvalue weighted by atomic mass is 79.9. The van der Waals surface area contributed by atoms with Crippen molar-refractivity contribution < 1.29 is 9.59 Å². The quantitative estimate of drug-likeness (QED) is 0.497. The molecule has 54 valence electrons. The molecule has 2 amide bonds. The van der Waals surface area contributed by atoms with E-state index in [4.69, 9.17) is 0 Å². The molecule has 0 aliphatic rings. The maximum Gasteiger partial charge on any atom is 0.263 e. The van der Waals surface area contributed by atoms with Crippen LogP contribution in [0.25, 0.3) is 0 Å². The van der Waals surface area contributed by atoms with Crippen molar-refractivity contribution in [3.63, 3.8) is 0 Å². The van der Waals surface area contributed by atoms with E-state index in [2.05, 4.69) is 29.3 Å². The summed E-state index contributed by atoms with van der Waals surface area (Å²) in [6.45, 7) is 6.38. The van der Waals surface area contributed by atoms with Crippen molar-refractivity contribution >= 4 is 28.0 Å². The van der Waals surface area contributed by atoms with E-state index < -0.39 is 11.8 Å². The largest absolute Gasteiger partial charge is 0.268 e. The van der Waals surface area contributed by atoms with Crippen molar-refractivity contribution in [2.24, 2.45) is 0 Å². The Kier molecular flexibility index (Phi) is 3.64. The molecule has 0 aromatic rings. The third-order valence-electron chi connectivity index (χ3n) is 0.736. The van der Waals surface area contributed by atoms with E-state index in [1.165, 1.54) is 0 Å². The number of hydrogen-bond donors (Lipinski definition) is 0. The van der Waals surface area contributed by atoms with Crippen LogP contribution in [0.1, 0.15) is 0 Å². The topological polar surface area (TPSA) is 37.4 Å². The summed E-state index contributed by atoms with van der Waals surface area (Å²) < 4.78 is 0.743. The summed E-state index contributed by atoms with van der Waals surface area (Å²) in [5, 5.41) is 0. The summed E-state index contributed by atoms with van der Waals surface area (Å²) in [4.78, 5) is 21.2. The molecular weight excluding hydrogens is 198 g/mol. The predicted molar refractivity (Wildman–Crippen MR) is 41.2 cm³/mol. The zero-order valence-corrected chi connectivity index (χ0v) is 6.80. The Morgan fingerprint density at radius 2 is 1.50 bits per heavy atom. The lowest BCUT2D eigenvalue weighted by Gasteiger charge is -2.04. The number of imide groups is 1. The van der Waals surface area contributed by atoms with E-state index in [-0.39, 0.29) is 0 Å². The van der Waals surface area contributed by atoms with Crippen molar-refractivity contribution in [2.45, 2.75) is 0 Å². The molecule has 0 fully saturated rings. The molecule has 0 aromatic carbocycles. The van der Waals surface area contributed by atoms with Gasteiger partial charge >= 0.3 is 0 Å². The molecule has 4 heteroatoms. The fraction of sp³-hybridized carbons (Fsp3) is 0. The van der Waals surface area contributed by atoms with Crippen LogP contribution in [0.3, 0.4) is 0 Å². The first-order valence-electron chi connectivity index (χ1n) is 2.42. The Labute approximate surface area is 67.3 Å². The molecule has 0 aromatic heterocycles. The van der Waals surface area contributed by atoms with Gasteiger partial charge in [0.05, 0.1) is 16.1 Å². The Hall–Kier alpha value is -0.900. The first-order chi connectivity index (χ1) is 4.63. The number of nitrogens with zero attached hydrogens (tertiary/aromatic N) is 1. The van der Waals surface area contributed by atoms with Crippen molar-refractivity contribution in [2.75, 3.05) is 0 Å². The summed E-state index contributed by atoms with van der Waals surface area (Å²) in [5.41, 5.74) is 0. The molecule has 0 aliphatic carbocycles. The average Bonchev–Trinajstić information content (AvgIpc) is 2.00. The van der Waals surface area contributed by atoms with Gasteiger partial charge < -0.3 is 0 Å². The van der Waals surface area contributed by atoms with Crippen LogP contribution in [-0.4, -0.2) is 15.7 Å². The fourth-order valence-electron chi connectivity index (χ4n) is 0.269. The highest BCUT2D eigenvalue weighted by molar-refractivity contribution is 9.08. The SMILES string of the molecule is C=CC(=O)N(Br)C(=O)C=C. The van der Waals surface area contributed by atoms with Crippen LogP contribution < -0.4 is 0 Å². The Bertz CT molecular complexity index is 168. The molecule has 0 heterocycles. The molecule has 0 saturated carbocycles. The predicted octanol–water partition coefficient (Wildman–Crippen LogP) is 1.02. The van der Waals surface area contributed by atoms with Gasteiger partial charge in [-0.05, 0) is 12.2 Å². The molecular formula is C6H6BrNO2. The van der Waals surface area contributed by atoms with Crippen LogP contribution in [0.5, 0.6) is 0 Å². The molecule has 0 rings (SSSR count). The van der Waals surface area contributed by atoms with Gasteiger partial charge in [0.25, 0.3) is 11.8 Å². The Morgan fingerprint density at radius 1 is 1.20 bits per heavy atom. The molecule has 0 aliphatic heterocycles. The number of hydrogen-bond acceptors (Lipinski definition) is 2. The van der Waals surface area contributed by atoms with E-state index in [1.807, 2.05) is 0 Å². The van der Waals surface area contributed by atoms with Crippen LogP contribution >= 0.6 is 16.1 Å². The van der Waals surface area contributed by atoms with Gasteiger partial charge in [-0.2, -0.15) is 0 Å². The van der Waals surface area contributed by atoms with Gasteiger partial charge in [-0.3, -0.25) is 9.59 Å². The second-order valence-corrected chi connectivity index (χ2v) is 2.07. The zero-order chi connectivity index (χ0) is 8.15. The summed E-state index contributed by atoms with van der Waals surface area (Å²) in [5.74, 6) is -1.02. The van der Waals surface area contributed by atoms with Gasteiger partial charge in [-0.25, -0.2) is 3.93 Å². The molecule has 0 radical (unpaired) electrons. The summed E-state index contributed by atoms with van der Waals surface area (Å²) in [6, 6.07) is 0. The molecule has 3 nitrogen and oxygen atoms in total. The third kappa shape index (κ3) is 2.14. The maximum absolute atomic E-state index is 10.6. The number of carbonyl (C=O) groups is 2. The highest BCUT2D eigenvalue weighted by Crippen LogP contribution is 1.99. The van der Waals surface area contributed by atoms with Crippen LogP contribution in [0.15, 0.2) is 25.3 Å². The number of carbonyl (C=O) groups excluding carboxylic acids is 2. The second-order valence-electron chi connectivity index (χ2n) is 1.37. The lowest BCUT2D eigenvalue weighted by Crippen LogP contribution is -2.23. The van der Waals surface area contributed by atoms with Gasteiger partial charge in [0.2, 0.25) is 0 Å². The number of rotatable bonds is 2. The van der Waals surface area contributed by atoms with Crippen molar-refractivity contribution in [1.82, 2.24) is 3.93 Å². The van der Waals surface area contributed by atoms with Gasteiger partial charge in [0.1, 0.15) is 0 Å². The van der Waals surface area contributed by atoms with Crippen LogP contribution in [-0.2, 0) is 9.59 Å². The van der Waals surface area contributed by atoms with Gasteiger partial charge in [-0.15, -0.1) is 0 Å². The number of halogens is 1. The van der Waals surface area contributed by atoms with Gasteiger partial charge in [0, 0.05) is 0 Å². The smallest absolute Gasteiger partial charge is 0.263 e. The third-order valence-corrected chi connectivity index (χ3v) is 1.44. The Morgan fingerprint density at radius 3 is 1.70 bits per heavy atom. The molecule has 0 atom stereocenters. The van der Waals surface area contributed by atoms with Crippen LogP contribution in [0, 0.1) is 0 Å². The fourth-order valence-corrected chi connectivity index (χ4v) is 0.558. The normalized spacial score (nSPS) is 8.10. The molecule has 0 bridgehead atoms. The van der Waals surface area contributed by atoms with Gasteiger partial charge in [0.15, 0.2) is 0 Å². The highest BCUT2D eigenvalue weighted by Gasteiger charge is 2.11. The standard InChI is InChI=1S/C6H6BrNO2/c1-3-5(9)8(7)6(10)4-2/h3-4H,1-2H2. The van der Waals surface area contributed by atoms with E-state index in [0.29, 0.717) is 0 Å². The van der Waals surface area contributed by atoms with E-state index in [0.717, 1.165) is 16.1 Å². The van der Waals surface area contributed by atoms with Crippen molar-refractivity contribution in [3.05, 3.63) is 25.3 Å². The lowest BCUT2D eigenvalue weighted by atomic mass is 10.5. The van der Waals surface area contributed by atoms with E-state index in [1.54, 1.807) is 0 Å². The number of amides is 2. The summed E-state index contributed by atoms with van der Waals surface area (Å²) >= 11 is 2.72. The van der Waals surface area contributed by atoms with Gasteiger partial charge in [-0.1, -0.05) is 13.2 Å². The minimum atomic E-state index is -0.509. The van der Waals surface area contributed by atoms with Crippen LogP contribution in [0.2, 0.25) is 0 Å².